The van der Waals surface area contributed by atoms with Crippen LogP contribution in [0.15, 0.2) is 61.2 Å². The highest BCUT2D eigenvalue weighted by atomic mass is 16.1. The number of benzene rings is 2. The molecule has 3 aromatic rings. The summed E-state index contributed by atoms with van der Waals surface area (Å²) in [5.41, 5.74) is 4.88. The molecule has 0 bridgehead atoms. The van der Waals surface area contributed by atoms with Gasteiger partial charge in [0, 0.05) is 19.5 Å². The first-order valence-electron chi connectivity index (χ1n) is 9.58. The van der Waals surface area contributed by atoms with Gasteiger partial charge in [0.15, 0.2) is 0 Å². The first-order valence-corrected chi connectivity index (χ1v) is 9.58. The summed E-state index contributed by atoms with van der Waals surface area (Å²) in [5.74, 6) is 1.03. The van der Waals surface area contributed by atoms with Crippen molar-refractivity contribution in [1.82, 2.24) is 14.9 Å². The fourth-order valence-corrected chi connectivity index (χ4v) is 3.32. The number of nitrogens with one attached hydrogen (secondary N) is 1. The lowest BCUT2D eigenvalue weighted by Gasteiger charge is -2.11. The monoisotopic (exact) mass is 361 g/mol. The first kappa shape index (κ1) is 18.9. The van der Waals surface area contributed by atoms with Gasteiger partial charge in [-0.1, -0.05) is 49.4 Å². The highest BCUT2D eigenvalue weighted by Gasteiger charge is 2.11. The number of unbranched alkanes of at least 4 members (excludes halogenated alkanes) is 2. The van der Waals surface area contributed by atoms with Crippen molar-refractivity contribution in [2.45, 2.75) is 39.2 Å². The summed E-state index contributed by atoms with van der Waals surface area (Å²) in [6.07, 6.45) is 5.34. The average molecular weight is 361 g/mol. The second-order valence-electron chi connectivity index (χ2n) is 6.84. The Bertz CT molecular complexity index is 926. The molecule has 1 amide bonds. The van der Waals surface area contributed by atoms with Gasteiger partial charge in [-0.15, -0.1) is 0 Å². The highest BCUT2D eigenvalue weighted by molar-refractivity contribution is 5.86. The van der Waals surface area contributed by atoms with Gasteiger partial charge in [0.25, 0.3) is 0 Å². The van der Waals surface area contributed by atoms with Crippen molar-refractivity contribution < 1.29 is 4.79 Å². The van der Waals surface area contributed by atoms with E-state index in [1.807, 2.05) is 6.07 Å². The van der Waals surface area contributed by atoms with Crippen LogP contribution in [0, 0.1) is 6.92 Å². The van der Waals surface area contributed by atoms with Crippen molar-refractivity contribution in [2.24, 2.45) is 0 Å². The van der Waals surface area contributed by atoms with Gasteiger partial charge in [-0.3, -0.25) is 4.79 Å². The van der Waals surface area contributed by atoms with Gasteiger partial charge in [0.1, 0.15) is 5.82 Å². The zero-order valence-corrected chi connectivity index (χ0v) is 15.9. The van der Waals surface area contributed by atoms with Crippen LogP contribution < -0.4 is 5.32 Å². The van der Waals surface area contributed by atoms with Gasteiger partial charge in [0.2, 0.25) is 5.91 Å². The lowest BCUT2D eigenvalue weighted by Crippen LogP contribution is -2.21. The maximum Gasteiger partial charge on any atom is 0.243 e. The smallest absolute Gasteiger partial charge is 0.243 e. The van der Waals surface area contributed by atoms with Crippen molar-refractivity contribution in [1.29, 1.82) is 0 Å². The summed E-state index contributed by atoms with van der Waals surface area (Å²) in [5, 5.41) is 2.82. The Morgan fingerprint density at radius 1 is 1.11 bits per heavy atom. The molecule has 0 aliphatic carbocycles. The zero-order valence-electron chi connectivity index (χ0n) is 15.9. The molecule has 140 valence electrons. The second-order valence-corrected chi connectivity index (χ2v) is 6.84. The van der Waals surface area contributed by atoms with E-state index >= 15 is 0 Å². The Labute approximate surface area is 160 Å². The van der Waals surface area contributed by atoms with Crippen LogP contribution in [0.5, 0.6) is 0 Å². The standard InChI is InChI=1S/C23H27N3O/c1-3-23(27)24-16-10-4-5-15-22-25-20-13-8-9-14-21(20)26(22)17-19-12-7-6-11-18(19)2/h3,6-9,11-14H,1,4-5,10,15-17H2,2H3,(H,24,27). The van der Waals surface area contributed by atoms with Gasteiger partial charge in [-0.05, 0) is 49.1 Å². The molecule has 0 spiro atoms. The summed E-state index contributed by atoms with van der Waals surface area (Å²) in [4.78, 5) is 16.0. The summed E-state index contributed by atoms with van der Waals surface area (Å²) in [7, 11) is 0. The van der Waals surface area contributed by atoms with Crippen molar-refractivity contribution in [3.63, 3.8) is 0 Å². The minimum absolute atomic E-state index is 0.102. The van der Waals surface area contributed by atoms with E-state index in [2.05, 4.69) is 65.9 Å². The average Bonchev–Trinajstić information content (AvgIpc) is 3.03. The molecule has 27 heavy (non-hydrogen) atoms. The van der Waals surface area contributed by atoms with Crippen LogP contribution in [0.4, 0.5) is 0 Å². The maximum atomic E-state index is 11.2. The Morgan fingerprint density at radius 2 is 1.89 bits per heavy atom. The summed E-state index contributed by atoms with van der Waals surface area (Å²) in [6, 6.07) is 16.9. The number of carbonyl (C=O) groups excluding carboxylic acids is 1. The number of aryl methyl sites for hydroxylation is 2. The predicted octanol–water partition coefficient (Wildman–Crippen LogP) is 4.41. The third-order valence-corrected chi connectivity index (χ3v) is 4.89. The van der Waals surface area contributed by atoms with E-state index in [9.17, 15) is 4.79 Å². The van der Waals surface area contributed by atoms with Crippen LogP contribution in [0.25, 0.3) is 11.0 Å². The van der Waals surface area contributed by atoms with E-state index in [0.29, 0.717) is 6.54 Å². The van der Waals surface area contributed by atoms with Crippen molar-refractivity contribution in [3.05, 3.63) is 78.1 Å². The second kappa shape index (κ2) is 9.17. The number of amides is 1. The number of hydrogen-bond donors (Lipinski definition) is 1. The van der Waals surface area contributed by atoms with Gasteiger partial charge < -0.3 is 9.88 Å². The maximum absolute atomic E-state index is 11.2. The Morgan fingerprint density at radius 3 is 2.70 bits per heavy atom. The number of aromatic nitrogens is 2. The molecule has 0 fully saturated rings. The Hall–Kier alpha value is -2.88. The Kier molecular flexibility index (Phi) is 6.42. The highest BCUT2D eigenvalue weighted by Crippen LogP contribution is 2.20. The minimum atomic E-state index is -0.102. The largest absolute Gasteiger partial charge is 0.353 e. The van der Waals surface area contributed by atoms with E-state index in [0.717, 1.165) is 43.6 Å². The molecule has 0 atom stereocenters. The summed E-state index contributed by atoms with van der Waals surface area (Å²) >= 11 is 0. The van der Waals surface area contributed by atoms with Gasteiger partial charge >= 0.3 is 0 Å². The van der Waals surface area contributed by atoms with Crippen LogP contribution in [-0.4, -0.2) is 22.0 Å². The molecule has 0 radical (unpaired) electrons. The van der Waals surface area contributed by atoms with E-state index in [1.165, 1.54) is 22.7 Å². The number of imidazole rings is 1. The fraction of sp³-hybridized carbons (Fsp3) is 0.304. The Balaban J connectivity index is 1.68. The fourth-order valence-electron chi connectivity index (χ4n) is 3.32. The quantitative estimate of drug-likeness (QED) is 0.453. The normalized spacial score (nSPS) is 10.9. The number of carbonyl (C=O) groups is 1. The zero-order chi connectivity index (χ0) is 19.1. The molecular formula is C23H27N3O. The van der Waals surface area contributed by atoms with E-state index in [-0.39, 0.29) is 5.91 Å². The summed E-state index contributed by atoms with van der Waals surface area (Å²) < 4.78 is 2.34. The van der Waals surface area contributed by atoms with Crippen LogP contribution in [0.1, 0.15) is 36.2 Å². The van der Waals surface area contributed by atoms with Gasteiger partial charge in [-0.25, -0.2) is 4.98 Å². The van der Waals surface area contributed by atoms with E-state index < -0.39 is 0 Å². The molecule has 1 N–H and O–H groups in total. The molecule has 0 saturated heterocycles. The number of para-hydroxylation sites is 2. The molecule has 1 heterocycles. The molecule has 0 unspecified atom stereocenters. The molecule has 1 aromatic heterocycles. The van der Waals surface area contributed by atoms with Gasteiger partial charge in [0.05, 0.1) is 11.0 Å². The number of rotatable bonds is 9. The minimum Gasteiger partial charge on any atom is -0.353 e. The van der Waals surface area contributed by atoms with Gasteiger partial charge in [-0.2, -0.15) is 0 Å². The molecule has 2 aromatic carbocycles. The molecule has 0 aliphatic heterocycles. The third-order valence-electron chi connectivity index (χ3n) is 4.89. The number of fused-ring (bicyclic) bond motifs is 1. The first-order chi connectivity index (χ1) is 13.2. The summed E-state index contributed by atoms with van der Waals surface area (Å²) in [6.45, 7) is 7.17. The van der Waals surface area contributed by atoms with Crippen LogP contribution in [-0.2, 0) is 17.8 Å². The number of hydrogen-bond acceptors (Lipinski definition) is 2. The molecule has 0 aliphatic rings. The molecule has 4 heteroatoms. The van der Waals surface area contributed by atoms with Crippen molar-refractivity contribution in [2.75, 3.05) is 6.54 Å². The van der Waals surface area contributed by atoms with Crippen LogP contribution in [0.2, 0.25) is 0 Å². The lowest BCUT2D eigenvalue weighted by molar-refractivity contribution is -0.116. The molecule has 0 saturated carbocycles. The lowest BCUT2D eigenvalue weighted by atomic mass is 10.1. The van der Waals surface area contributed by atoms with E-state index in [4.69, 9.17) is 4.98 Å². The third kappa shape index (κ3) is 4.85. The SMILES string of the molecule is C=CC(=O)NCCCCCc1nc2ccccc2n1Cc1ccccc1C. The molecule has 3 rings (SSSR count). The van der Waals surface area contributed by atoms with Crippen molar-refractivity contribution >= 4 is 16.9 Å². The number of nitrogens with zero attached hydrogens (tertiary/aromatic N) is 2. The molecular weight excluding hydrogens is 334 g/mol. The van der Waals surface area contributed by atoms with Crippen molar-refractivity contribution in [3.8, 4) is 0 Å². The van der Waals surface area contributed by atoms with E-state index in [1.54, 1.807) is 0 Å². The van der Waals surface area contributed by atoms with Crippen LogP contribution in [0.3, 0.4) is 0 Å². The topological polar surface area (TPSA) is 46.9 Å². The van der Waals surface area contributed by atoms with Crippen LogP contribution >= 0.6 is 0 Å². The molecule has 4 nitrogen and oxygen atoms in total. The predicted molar refractivity (Wildman–Crippen MR) is 111 cm³/mol.